The molecule has 3 aromatic carbocycles. The molecule has 1 aliphatic rings. The highest BCUT2D eigenvalue weighted by molar-refractivity contribution is 6.00. The quantitative estimate of drug-likeness (QED) is 0.634. The van der Waals surface area contributed by atoms with Crippen molar-refractivity contribution in [3.63, 3.8) is 0 Å². The van der Waals surface area contributed by atoms with E-state index in [1.54, 1.807) is 6.07 Å². The maximum Gasteiger partial charge on any atom is 0.270 e. The van der Waals surface area contributed by atoms with E-state index >= 15 is 0 Å². The fourth-order valence-corrected chi connectivity index (χ4v) is 3.70. The second kappa shape index (κ2) is 8.03. The molecule has 1 amide bonds. The molecule has 0 unspecified atom stereocenters. The Morgan fingerprint density at radius 2 is 1.77 bits per heavy atom. The summed E-state index contributed by atoms with van der Waals surface area (Å²) in [6.45, 7) is 2.21. The summed E-state index contributed by atoms with van der Waals surface area (Å²) in [5.41, 5.74) is 6.50. The van der Waals surface area contributed by atoms with Crippen molar-refractivity contribution >= 4 is 16.7 Å². The summed E-state index contributed by atoms with van der Waals surface area (Å²) in [7, 11) is 0. The molecule has 6 heteroatoms. The van der Waals surface area contributed by atoms with Crippen LogP contribution in [0.25, 0.3) is 10.8 Å². The molecule has 4 rings (SSSR count). The molecular weight excluding hydrogens is 386 g/mol. The molecule has 0 aliphatic carbocycles. The van der Waals surface area contributed by atoms with Crippen molar-refractivity contribution in [3.05, 3.63) is 71.8 Å². The average molecular weight is 410 g/mol. The van der Waals surface area contributed by atoms with E-state index in [0.29, 0.717) is 30.2 Å². The van der Waals surface area contributed by atoms with Gasteiger partial charge in [-0.3, -0.25) is 4.79 Å². The molecule has 1 heterocycles. The summed E-state index contributed by atoms with van der Waals surface area (Å²) in [5.74, 6) is -1.81. The first-order chi connectivity index (χ1) is 14.3. The Bertz CT molecular complexity index is 1050. The molecule has 0 atom stereocenters. The van der Waals surface area contributed by atoms with Crippen molar-refractivity contribution in [1.29, 1.82) is 0 Å². The lowest BCUT2D eigenvalue weighted by Crippen LogP contribution is -2.42. The Labute approximate surface area is 174 Å². The van der Waals surface area contributed by atoms with E-state index in [9.17, 15) is 13.6 Å². The molecule has 30 heavy (non-hydrogen) atoms. The van der Waals surface area contributed by atoms with Gasteiger partial charge in [-0.05, 0) is 66.8 Å². The summed E-state index contributed by atoms with van der Waals surface area (Å²) < 4.78 is 32.7. The predicted octanol–water partition coefficient (Wildman–Crippen LogP) is 5.31. The first kappa shape index (κ1) is 20.3. The summed E-state index contributed by atoms with van der Waals surface area (Å²) in [5, 5.41) is 1.73. The summed E-state index contributed by atoms with van der Waals surface area (Å²) in [6, 6.07) is 17.1. The van der Waals surface area contributed by atoms with Gasteiger partial charge in [0, 0.05) is 42.6 Å². The smallest absolute Gasteiger partial charge is 0.270 e. The lowest BCUT2D eigenvalue weighted by Gasteiger charge is -2.30. The van der Waals surface area contributed by atoms with Crippen LogP contribution in [0, 0.1) is 0 Å². The number of piperidine rings is 1. The third-order valence-electron chi connectivity index (χ3n) is 5.50. The van der Waals surface area contributed by atoms with Crippen LogP contribution in [-0.4, -0.2) is 29.9 Å². The number of benzene rings is 3. The zero-order chi connectivity index (χ0) is 21.3. The monoisotopic (exact) mass is 410 g/mol. The molecule has 0 spiro atoms. The molecule has 0 radical (unpaired) electrons. The minimum atomic E-state index is -2.89. The maximum atomic E-state index is 13.4. The lowest BCUT2D eigenvalue weighted by atomic mass is 10.0. The van der Waals surface area contributed by atoms with E-state index in [1.807, 2.05) is 35.2 Å². The Morgan fingerprint density at radius 1 is 1.07 bits per heavy atom. The van der Waals surface area contributed by atoms with Crippen LogP contribution >= 0.6 is 0 Å². The number of rotatable bonds is 4. The zero-order valence-corrected chi connectivity index (χ0v) is 16.8. The van der Waals surface area contributed by atoms with E-state index in [-0.39, 0.29) is 17.5 Å². The van der Waals surface area contributed by atoms with Crippen molar-refractivity contribution in [1.82, 2.24) is 4.90 Å². The number of hydrogen-bond donors (Lipinski definition) is 1. The lowest BCUT2D eigenvalue weighted by molar-refractivity contribution is 0.0174. The van der Waals surface area contributed by atoms with E-state index in [2.05, 4.69) is 0 Å². The minimum Gasteiger partial charge on any atom is -0.457 e. The van der Waals surface area contributed by atoms with Crippen LogP contribution in [0.15, 0.2) is 60.7 Å². The van der Waals surface area contributed by atoms with Gasteiger partial charge in [0.05, 0.1) is 0 Å². The van der Waals surface area contributed by atoms with E-state index in [1.165, 1.54) is 24.3 Å². The number of halogens is 2. The molecule has 1 aliphatic heterocycles. The highest BCUT2D eigenvalue weighted by Crippen LogP contribution is 2.33. The van der Waals surface area contributed by atoms with Crippen molar-refractivity contribution < 1.29 is 18.3 Å². The summed E-state index contributed by atoms with van der Waals surface area (Å²) in [6.07, 6.45) is 1.64. The first-order valence-corrected chi connectivity index (χ1v) is 10.0. The largest absolute Gasteiger partial charge is 0.457 e. The number of ether oxygens (including phenoxy) is 1. The SMILES string of the molecule is CC(F)(F)c1ccc(Oc2cccc3cc(C(=O)N4CCC(N)CC4)ccc23)cc1. The van der Waals surface area contributed by atoms with Gasteiger partial charge in [-0.1, -0.05) is 12.1 Å². The number of carbonyl (C=O) groups excluding carboxylic acids is 1. The molecule has 2 N–H and O–H groups in total. The molecule has 3 aromatic rings. The number of fused-ring (bicyclic) bond motifs is 1. The van der Waals surface area contributed by atoms with Crippen LogP contribution in [0.1, 0.15) is 35.7 Å². The summed E-state index contributed by atoms with van der Waals surface area (Å²) in [4.78, 5) is 14.7. The molecule has 0 bridgehead atoms. The van der Waals surface area contributed by atoms with E-state index < -0.39 is 5.92 Å². The van der Waals surface area contributed by atoms with Crippen LogP contribution in [-0.2, 0) is 5.92 Å². The van der Waals surface area contributed by atoms with Crippen LogP contribution in [0.3, 0.4) is 0 Å². The zero-order valence-electron chi connectivity index (χ0n) is 16.8. The second-order valence-corrected chi connectivity index (χ2v) is 7.84. The van der Waals surface area contributed by atoms with Gasteiger partial charge in [0.2, 0.25) is 0 Å². The fourth-order valence-electron chi connectivity index (χ4n) is 3.70. The van der Waals surface area contributed by atoms with Gasteiger partial charge in [0.15, 0.2) is 0 Å². The van der Waals surface area contributed by atoms with Gasteiger partial charge in [0.1, 0.15) is 11.5 Å². The van der Waals surface area contributed by atoms with E-state index in [0.717, 1.165) is 30.5 Å². The Balaban J connectivity index is 1.56. The molecule has 0 aromatic heterocycles. The third kappa shape index (κ3) is 4.28. The number of alkyl halides is 2. The van der Waals surface area contributed by atoms with Gasteiger partial charge in [-0.2, -0.15) is 0 Å². The number of hydrogen-bond acceptors (Lipinski definition) is 3. The van der Waals surface area contributed by atoms with Gasteiger partial charge in [-0.15, -0.1) is 0 Å². The van der Waals surface area contributed by atoms with Crippen LogP contribution in [0.2, 0.25) is 0 Å². The van der Waals surface area contributed by atoms with Crippen molar-refractivity contribution in [2.75, 3.05) is 13.1 Å². The standard InChI is InChI=1S/C24H24F2N2O2/c1-24(25,26)18-6-8-20(9-7-18)30-22-4-2-3-16-15-17(5-10-21(16)22)23(29)28-13-11-19(27)12-14-28/h2-10,15,19H,11-14,27H2,1H3. The van der Waals surface area contributed by atoms with E-state index in [4.69, 9.17) is 10.5 Å². The van der Waals surface area contributed by atoms with Crippen LogP contribution in [0.4, 0.5) is 8.78 Å². The summed E-state index contributed by atoms with van der Waals surface area (Å²) >= 11 is 0. The van der Waals surface area contributed by atoms with Crippen LogP contribution < -0.4 is 10.5 Å². The number of amides is 1. The third-order valence-corrected chi connectivity index (χ3v) is 5.50. The Kier molecular flexibility index (Phi) is 5.43. The molecule has 156 valence electrons. The second-order valence-electron chi connectivity index (χ2n) is 7.84. The van der Waals surface area contributed by atoms with Crippen molar-refractivity contribution in [2.24, 2.45) is 5.73 Å². The van der Waals surface area contributed by atoms with Gasteiger partial charge >= 0.3 is 0 Å². The fraction of sp³-hybridized carbons (Fsp3) is 0.292. The number of nitrogens with zero attached hydrogens (tertiary/aromatic N) is 1. The average Bonchev–Trinajstić information content (AvgIpc) is 2.73. The van der Waals surface area contributed by atoms with Crippen molar-refractivity contribution in [3.8, 4) is 11.5 Å². The van der Waals surface area contributed by atoms with Crippen molar-refractivity contribution in [2.45, 2.75) is 31.7 Å². The maximum absolute atomic E-state index is 13.4. The molecular formula is C24H24F2N2O2. The minimum absolute atomic E-state index is 0.00574. The molecule has 1 saturated heterocycles. The topological polar surface area (TPSA) is 55.6 Å². The number of likely N-dealkylation sites (tertiary alicyclic amines) is 1. The van der Waals surface area contributed by atoms with Gasteiger partial charge in [-0.25, -0.2) is 8.78 Å². The molecule has 1 fully saturated rings. The van der Waals surface area contributed by atoms with Gasteiger partial charge in [0.25, 0.3) is 11.8 Å². The Hall–Kier alpha value is -2.99. The first-order valence-electron chi connectivity index (χ1n) is 10.0. The number of nitrogens with two attached hydrogens (primary N) is 1. The normalized spacial score (nSPS) is 15.4. The highest BCUT2D eigenvalue weighted by atomic mass is 19.3. The predicted molar refractivity (Wildman–Crippen MR) is 113 cm³/mol. The van der Waals surface area contributed by atoms with Gasteiger partial charge < -0.3 is 15.4 Å². The van der Waals surface area contributed by atoms with Crippen LogP contribution in [0.5, 0.6) is 11.5 Å². The Morgan fingerprint density at radius 3 is 2.43 bits per heavy atom. The number of carbonyl (C=O) groups is 1. The molecule has 0 saturated carbocycles. The highest BCUT2D eigenvalue weighted by Gasteiger charge is 2.24. The molecule has 4 nitrogen and oxygen atoms in total.